The van der Waals surface area contributed by atoms with Crippen LogP contribution in [0.25, 0.3) is 0 Å². The molecule has 1 amide bonds. The number of amides is 1. The normalized spacial score (nSPS) is 10.6. The van der Waals surface area contributed by atoms with E-state index in [0.717, 1.165) is 18.2 Å². The monoisotopic (exact) mass is 410 g/mol. The van der Waals surface area contributed by atoms with Crippen molar-refractivity contribution in [1.29, 1.82) is 0 Å². The summed E-state index contributed by atoms with van der Waals surface area (Å²) in [6.45, 7) is 4.35. The molecule has 8 heteroatoms. The van der Waals surface area contributed by atoms with E-state index < -0.39 is 16.6 Å². The van der Waals surface area contributed by atoms with E-state index in [2.05, 4.69) is 21.2 Å². The predicted octanol–water partition coefficient (Wildman–Crippen LogP) is 4.78. The number of nitrogens with one attached hydrogen (secondary N) is 1. The first kappa shape index (κ1) is 18.9. The second-order valence-electron chi connectivity index (χ2n) is 5.72. The fourth-order valence-corrected chi connectivity index (χ4v) is 2.34. The quantitative estimate of drug-likeness (QED) is 0.548. The number of nitro groups is 1. The highest BCUT2D eigenvalue weighted by molar-refractivity contribution is 9.10. The molecule has 0 atom stereocenters. The molecule has 0 aromatic heterocycles. The molecule has 2 rings (SSSR count). The van der Waals surface area contributed by atoms with Crippen molar-refractivity contribution in [2.24, 2.45) is 5.92 Å². The number of hydrogen-bond acceptors (Lipinski definition) is 4. The molecular formula is C17H16BrFN2O4. The number of halogens is 2. The summed E-state index contributed by atoms with van der Waals surface area (Å²) in [4.78, 5) is 22.7. The highest BCUT2D eigenvalue weighted by atomic mass is 79.9. The van der Waals surface area contributed by atoms with E-state index in [9.17, 15) is 19.3 Å². The second-order valence-corrected chi connectivity index (χ2v) is 6.64. The van der Waals surface area contributed by atoms with Crippen molar-refractivity contribution < 1.29 is 18.8 Å². The maximum Gasteiger partial charge on any atom is 0.271 e. The first-order valence-electron chi connectivity index (χ1n) is 7.45. The summed E-state index contributed by atoms with van der Waals surface area (Å²) in [5, 5.41) is 13.2. The number of carbonyl (C=O) groups excluding carboxylic acids is 1. The van der Waals surface area contributed by atoms with Crippen LogP contribution in [0.1, 0.15) is 24.2 Å². The molecule has 0 radical (unpaired) electrons. The Labute approximate surface area is 152 Å². The standard InChI is InChI=1S/C17H16BrFN2O4/c1-10(2)9-25-16-6-3-11(18)7-13(16)17(22)20-15-8-12(21(23)24)4-5-14(15)19/h3-8,10H,9H2,1-2H3,(H,20,22). The van der Waals surface area contributed by atoms with Gasteiger partial charge >= 0.3 is 0 Å². The van der Waals surface area contributed by atoms with Crippen LogP contribution in [-0.2, 0) is 0 Å². The molecule has 0 aliphatic rings. The number of non-ortho nitro benzene ring substituents is 1. The summed E-state index contributed by atoms with van der Waals surface area (Å²) in [7, 11) is 0. The molecule has 0 heterocycles. The highest BCUT2D eigenvalue weighted by Crippen LogP contribution is 2.27. The molecule has 132 valence electrons. The first-order valence-corrected chi connectivity index (χ1v) is 8.25. The minimum absolute atomic E-state index is 0.195. The number of anilines is 1. The third kappa shape index (κ3) is 4.99. The van der Waals surface area contributed by atoms with Crippen molar-refractivity contribution in [3.63, 3.8) is 0 Å². The lowest BCUT2D eigenvalue weighted by Crippen LogP contribution is -2.16. The topological polar surface area (TPSA) is 81.5 Å². The number of carbonyl (C=O) groups is 1. The summed E-state index contributed by atoms with van der Waals surface area (Å²) in [5.41, 5.74) is -0.392. The van der Waals surface area contributed by atoms with Gasteiger partial charge in [-0.3, -0.25) is 14.9 Å². The zero-order valence-corrected chi connectivity index (χ0v) is 15.2. The largest absolute Gasteiger partial charge is 0.492 e. The Morgan fingerprint density at radius 2 is 2.04 bits per heavy atom. The van der Waals surface area contributed by atoms with Gasteiger partial charge in [0.25, 0.3) is 11.6 Å². The van der Waals surface area contributed by atoms with Crippen LogP contribution in [0.3, 0.4) is 0 Å². The molecule has 0 bridgehead atoms. The van der Waals surface area contributed by atoms with Crippen molar-refractivity contribution in [2.75, 3.05) is 11.9 Å². The molecule has 0 spiro atoms. The smallest absolute Gasteiger partial charge is 0.271 e. The Morgan fingerprint density at radius 1 is 1.32 bits per heavy atom. The van der Waals surface area contributed by atoms with Crippen molar-refractivity contribution >= 4 is 33.2 Å². The fraction of sp³-hybridized carbons (Fsp3) is 0.235. The van der Waals surface area contributed by atoms with Gasteiger partial charge in [-0.2, -0.15) is 0 Å². The lowest BCUT2D eigenvalue weighted by molar-refractivity contribution is -0.384. The number of benzene rings is 2. The fourth-order valence-electron chi connectivity index (χ4n) is 1.97. The van der Waals surface area contributed by atoms with Gasteiger partial charge in [-0.25, -0.2) is 4.39 Å². The van der Waals surface area contributed by atoms with Crippen LogP contribution >= 0.6 is 15.9 Å². The SMILES string of the molecule is CC(C)COc1ccc(Br)cc1C(=O)Nc1cc([N+](=O)[O-])ccc1F. The predicted molar refractivity (Wildman–Crippen MR) is 95.5 cm³/mol. The average molecular weight is 411 g/mol. The van der Waals surface area contributed by atoms with E-state index in [1.54, 1.807) is 18.2 Å². The number of hydrogen-bond donors (Lipinski definition) is 1. The van der Waals surface area contributed by atoms with Crippen molar-refractivity contribution in [3.8, 4) is 5.75 Å². The summed E-state index contributed by atoms with van der Waals surface area (Å²) < 4.78 is 20.1. The lowest BCUT2D eigenvalue weighted by atomic mass is 10.1. The summed E-state index contributed by atoms with van der Waals surface area (Å²) in [6.07, 6.45) is 0. The Morgan fingerprint density at radius 3 is 2.68 bits per heavy atom. The van der Waals surface area contributed by atoms with Crippen molar-refractivity contribution in [3.05, 3.63) is 62.4 Å². The van der Waals surface area contributed by atoms with Gasteiger partial charge in [0.2, 0.25) is 0 Å². The molecule has 0 aliphatic carbocycles. The van der Waals surface area contributed by atoms with E-state index in [0.29, 0.717) is 16.8 Å². The number of rotatable bonds is 6. The van der Waals surface area contributed by atoms with E-state index in [4.69, 9.17) is 4.74 Å². The van der Waals surface area contributed by atoms with Crippen molar-refractivity contribution in [1.82, 2.24) is 0 Å². The van der Waals surface area contributed by atoms with Gasteiger partial charge in [-0.1, -0.05) is 29.8 Å². The molecule has 2 aromatic rings. The molecule has 0 saturated carbocycles. The van der Waals surface area contributed by atoms with Crippen LogP contribution in [-0.4, -0.2) is 17.4 Å². The molecule has 0 saturated heterocycles. The third-order valence-corrected chi connectivity index (χ3v) is 3.66. The van der Waals surface area contributed by atoms with Crippen LogP contribution in [0, 0.1) is 21.8 Å². The highest BCUT2D eigenvalue weighted by Gasteiger charge is 2.18. The first-order chi connectivity index (χ1) is 11.8. The Bertz CT molecular complexity index is 811. The van der Waals surface area contributed by atoms with Gasteiger partial charge in [-0.05, 0) is 30.2 Å². The van der Waals surface area contributed by atoms with Gasteiger partial charge in [0.1, 0.15) is 11.6 Å². The lowest BCUT2D eigenvalue weighted by Gasteiger charge is -2.14. The van der Waals surface area contributed by atoms with E-state index >= 15 is 0 Å². The van der Waals surface area contributed by atoms with Gasteiger partial charge in [0.15, 0.2) is 0 Å². The second kappa shape index (κ2) is 8.06. The average Bonchev–Trinajstić information content (AvgIpc) is 2.55. The molecule has 6 nitrogen and oxygen atoms in total. The molecule has 0 aliphatic heterocycles. The molecule has 0 fully saturated rings. The Hall–Kier alpha value is -2.48. The van der Waals surface area contributed by atoms with E-state index in [1.807, 2.05) is 13.8 Å². The number of nitro benzene ring substituents is 1. The van der Waals surface area contributed by atoms with Crippen LogP contribution in [0.5, 0.6) is 5.75 Å². The van der Waals surface area contributed by atoms with Gasteiger partial charge in [-0.15, -0.1) is 0 Å². The van der Waals surface area contributed by atoms with Crippen LogP contribution < -0.4 is 10.1 Å². The maximum atomic E-state index is 13.9. The van der Waals surface area contributed by atoms with Gasteiger partial charge < -0.3 is 10.1 Å². The van der Waals surface area contributed by atoms with Gasteiger partial charge in [0.05, 0.1) is 22.8 Å². The van der Waals surface area contributed by atoms with Crippen molar-refractivity contribution in [2.45, 2.75) is 13.8 Å². The molecule has 25 heavy (non-hydrogen) atoms. The minimum Gasteiger partial charge on any atom is -0.492 e. The third-order valence-electron chi connectivity index (χ3n) is 3.17. The van der Waals surface area contributed by atoms with E-state index in [-0.39, 0.29) is 22.9 Å². The number of nitrogens with zero attached hydrogens (tertiary/aromatic N) is 1. The van der Waals surface area contributed by atoms with Crippen LogP contribution in [0.15, 0.2) is 40.9 Å². The summed E-state index contributed by atoms with van der Waals surface area (Å²) in [6, 6.07) is 7.83. The Kier molecular flexibility index (Phi) is 6.08. The zero-order chi connectivity index (χ0) is 18.6. The Balaban J connectivity index is 2.30. The number of ether oxygens (including phenoxy) is 1. The summed E-state index contributed by atoms with van der Waals surface area (Å²) >= 11 is 3.28. The summed E-state index contributed by atoms with van der Waals surface area (Å²) in [5.74, 6) is -0.785. The van der Waals surface area contributed by atoms with E-state index in [1.165, 1.54) is 0 Å². The van der Waals surface area contributed by atoms with Crippen LogP contribution in [0.4, 0.5) is 15.8 Å². The minimum atomic E-state index is -0.765. The van der Waals surface area contributed by atoms with Gasteiger partial charge in [0, 0.05) is 16.6 Å². The molecular weight excluding hydrogens is 395 g/mol. The van der Waals surface area contributed by atoms with Crippen LogP contribution in [0.2, 0.25) is 0 Å². The molecule has 2 aromatic carbocycles. The molecule has 0 unspecified atom stereocenters. The maximum absolute atomic E-state index is 13.9. The zero-order valence-electron chi connectivity index (χ0n) is 13.6. The molecule has 1 N–H and O–H groups in total.